The average molecular weight is 387 g/mol. The minimum atomic E-state index is -0.193. The number of carbonyl (C=O) groups is 2. The molecule has 2 aliphatic rings. The van der Waals surface area contributed by atoms with Gasteiger partial charge in [-0.3, -0.25) is 9.69 Å². The van der Waals surface area contributed by atoms with Crippen LogP contribution in [0.15, 0.2) is 18.2 Å². The lowest BCUT2D eigenvalue weighted by atomic mass is 9.81. The molecule has 3 N–H and O–H groups in total. The highest BCUT2D eigenvalue weighted by Gasteiger charge is 2.28. The Bertz CT molecular complexity index is 648. The molecule has 3 rings (SSSR count). The largest absolute Gasteiger partial charge is 0.351 e. The van der Waals surface area contributed by atoms with E-state index in [1.165, 1.54) is 0 Å². The summed E-state index contributed by atoms with van der Waals surface area (Å²) in [6, 6.07) is 4.97. The van der Waals surface area contributed by atoms with Crippen LogP contribution in [0.1, 0.15) is 30.1 Å². The van der Waals surface area contributed by atoms with Crippen LogP contribution in [0, 0.1) is 5.41 Å². The summed E-state index contributed by atoms with van der Waals surface area (Å²) in [5, 5.41) is 9.49. The number of amides is 3. The molecule has 0 bridgehead atoms. The van der Waals surface area contributed by atoms with Gasteiger partial charge >= 0.3 is 6.03 Å². The number of piperidine rings is 1. The average Bonchev–Trinajstić information content (AvgIpc) is 3.00. The monoisotopic (exact) mass is 386 g/mol. The molecule has 2 saturated heterocycles. The van der Waals surface area contributed by atoms with Gasteiger partial charge in [0.2, 0.25) is 0 Å². The van der Waals surface area contributed by atoms with Gasteiger partial charge in [-0.25, -0.2) is 4.79 Å². The maximum atomic E-state index is 12.6. The normalized spacial score (nSPS) is 19.1. The molecule has 6 nitrogen and oxygen atoms in total. The highest BCUT2D eigenvalue weighted by molar-refractivity contribution is 6.34. The smallest absolute Gasteiger partial charge is 0.321 e. The number of nitrogens with one attached hydrogen (secondary N) is 3. The van der Waals surface area contributed by atoms with E-state index in [2.05, 4.69) is 22.9 Å². The van der Waals surface area contributed by atoms with E-state index in [0.717, 1.165) is 25.9 Å². The summed E-state index contributed by atoms with van der Waals surface area (Å²) in [5.74, 6) is -0.193. The molecular weight excluding hydrogens is 363 g/mol. The molecule has 0 radical (unpaired) electrons. The predicted molar refractivity (Wildman–Crippen MR) is 102 cm³/mol. The molecule has 0 aliphatic carbocycles. The first-order chi connectivity index (χ1) is 11.5. The minimum Gasteiger partial charge on any atom is -0.351 e. The Morgan fingerprint density at radius 1 is 1.32 bits per heavy atom. The SMILES string of the molecule is CC1(CNC(=O)c2cc(N3CCNC3=O)ccc2Cl)CCNCC1.Cl. The molecule has 0 spiro atoms. The molecule has 2 aliphatic heterocycles. The van der Waals surface area contributed by atoms with Gasteiger partial charge in [0.1, 0.15) is 0 Å². The standard InChI is InChI=1S/C17H23ClN4O2.ClH/c1-17(4-6-19-7-5-17)11-21-15(23)13-10-12(2-3-14(13)18)22-9-8-20-16(22)24;/h2-3,10,19H,4-9,11H2,1H3,(H,20,24)(H,21,23);1H. The summed E-state index contributed by atoms with van der Waals surface area (Å²) in [5.41, 5.74) is 1.21. The Hall–Kier alpha value is -1.50. The Balaban J connectivity index is 0.00000225. The van der Waals surface area contributed by atoms with Crippen LogP contribution in [0.4, 0.5) is 10.5 Å². The van der Waals surface area contributed by atoms with E-state index in [9.17, 15) is 9.59 Å². The summed E-state index contributed by atoms with van der Waals surface area (Å²) in [6.07, 6.45) is 2.07. The van der Waals surface area contributed by atoms with E-state index in [4.69, 9.17) is 11.6 Å². The van der Waals surface area contributed by atoms with Crippen molar-refractivity contribution in [2.75, 3.05) is 37.6 Å². The van der Waals surface area contributed by atoms with Crippen LogP contribution >= 0.6 is 24.0 Å². The highest BCUT2D eigenvalue weighted by atomic mass is 35.5. The number of hydrogen-bond acceptors (Lipinski definition) is 3. The van der Waals surface area contributed by atoms with Crippen molar-refractivity contribution >= 4 is 41.6 Å². The third kappa shape index (κ3) is 4.57. The Labute approximate surface area is 159 Å². The Morgan fingerprint density at radius 3 is 2.68 bits per heavy atom. The molecule has 8 heteroatoms. The van der Waals surface area contributed by atoms with Crippen molar-refractivity contribution in [2.45, 2.75) is 19.8 Å². The van der Waals surface area contributed by atoms with Gasteiger partial charge < -0.3 is 16.0 Å². The van der Waals surface area contributed by atoms with Crippen molar-refractivity contribution in [1.82, 2.24) is 16.0 Å². The number of nitrogens with zero attached hydrogens (tertiary/aromatic N) is 1. The minimum absolute atomic E-state index is 0. The zero-order valence-electron chi connectivity index (χ0n) is 14.2. The lowest BCUT2D eigenvalue weighted by Gasteiger charge is -2.34. The summed E-state index contributed by atoms with van der Waals surface area (Å²) < 4.78 is 0. The van der Waals surface area contributed by atoms with E-state index in [0.29, 0.717) is 35.9 Å². The van der Waals surface area contributed by atoms with Crippen molar-refractivity contribution in [3.63, 3.8) is 0 Å². The van der Waals surface area contributed by atoms with Crippen LogP contribution in [-0.4, -0.2) is 44.7 Å². The second kappa shape index (κ2) is 8.25. The topological polar surface area (TPSA) is 73.5 Å². The van der Waals surface area contributed by atoms with Crippen molar-refractivity contribution in [3.8, 4) is 0 Å². The van der Waals surface area contributed by atoms with Crippen LogP contribution in [0.3, 0.4) is 0 Å². The summed E-state index contributed by atoms with van der Waals surface area (Å²) in [6.45, 7) is 5.97. The number of urea groups is 1. The molecule has 1 aromatic rings. The zero-order chi connectivity index (χ0) is 17.2. The fraction of sp³-hybridized carbons (Fsp3) is 0.529. The number of anilines is 1. The van der Waals surface area contributed by atoms with Crippen LogP contribution in [0.2, 0.25) is 5.02 Å². The van der Waals surface area contributed by atoms with Gasteiger partial charge in [0.15, 0.2) is 0 Å². The number of hydrogen-bond donors (Lipinski definition) is 3. The maximum absolute atomic E-state index is 12.6. The molecule has 3 amide bonds. The highest BCUT2D eigenvalue weighted by Crippen LogP contribution is 2.28. The third-order valence-corrected chi connectivity index (χ3v) is 5.18. The molecule has 2 fully saturated rings. The molecule has 0 unspecified atom stereocenters. The number of benzene rings is 1. The first-order valence-electron chi connectivity index (χ1n) is 8.32. The Kier molecular flexibility index (Phi) is 6.54. The second-order valence-electron chi connectivity index (χ2n) is 6.79. The van der Waals surface area contributed by atoms with E-state index < -0.39 is 0 Å². The second-order valence-corrected chi connectivity index (χ2v) is 7.20. The van der Waals surface area contributed by atoms with E-state index >= 15 is 0 Å². The lowest BCUT2D eigenvalue weighted by molar-refractivity contribution is 0.0922. The summed E-state index contributed by atoms with van der Waals surface area (Å²) >= 11 is 6.20. The number of halogens is 2. The van der Waals surface area contributed by atoms with E-state index in [-0.39, 0.29) is 29.8 Å². The van der Waals surface area contributed by atoms with Crippen molar-refractivity contribution in [2.24, 2.45) is 5.41 Å². The van der Waals surface area contributed by atoms with Gasteiger partial charge in [0.25, 0.3) is 5.91 Å². The fourth-order valence-electron chi connectivity index (χ4n) is 3.17. The third-order valence-electron chi connectivity index (χ3n) is 4.85. The summed E-state index contributed by atoms with van der Waals surface area (Å²) in [7, 11) is 0. The first kappa shape index (κ1) is 19.8. The van der Waals surface area contributed by atoms with Crippen LogP contribution in [-0.2, 0) is 0 Å². The number of carbonyl (C=O) groups excluding carboxylic acids is 2. The molecule has 138 valence electrons. The van der Waals surface area contributed by atoms with Gasteiger partial charge in [-0.15, -0.1) is 12.4 Å². The van der Waals surface area contributed by atoms with Crippen molar-refractivity contribution in [1.29, 1.82) is 0 Å². The summed E-state index contributed by atoms with van der Waals surface area (Å²) in [4.78, 5) is 26.0. The van der Waals surface area contributed by atoms with Crippen molar-refractivity contribution in [3.05, 3.63) is 28.8 Å². The maximum Gasteiger partial charge on any atom is 0.321 e. The van der Waals surface area contributed by atoms with Gasteiger partial charge in [0, 0.05) is 25.3 Å². The van der Waals surface area contributed by atoms with Gasteiger partial charge in [0.05, 0.1) is 10.6 Å². The molecular formula is C17H24Cl2N4O2. The first-order valence-corrected chi connectivity index (χ1v) is 8.70. The van der Waals surface area contributed by atoms with E-state index in [1.807, 2.05) is 0 Å². The van der Waals surface area contributed by atoms with Gasteiger partial charge in [-0.1, -0.05) is 18.5 Å². The van der Waals surface area contributed by atoms with E-state index in [1.54, 1.807) is 23.1 Å². The molecule has 25 heavy (non-hydrogen) atoms. The molecule has 0 atom stereocenters. The van der Waals surface area contributed by atoms with Crippen LogP contribution in [0.25, 0.3) is 0 Å². The Morgan fingerprint density at radius 2 is 2.04 bits per heavy atom. The quantitative estimate of drug-likeness (QED) is 0.743. The molecule has 0 saturated carbocycles. The van der Waals surface area contributed by atoms with Crippen molar-refractivity contribution < 1.29 is 9.59 Å². The molecule has 2 heterocycles. The zero-order valence-corrected chi connectivity index (χ0v) is 15.8. The number of rotatable bonds is 4. The fourth-order valence-corrected chi connectivity index (χ4v) is 3.37. The lowest BCUT2D eigenvalue weighted by Crippen LogP contribution is -2.43. The predicted octanol–water partition coefficient (Wildman–Crippen LogP) is 2.41. The van der Waals surface area contributed by atoms with Gasteiger partial charge in [-0.2, -0.15) is 0 Å². The molecule has 0 aromatic heterocycles. The molecule has 1 aromatic carbocycles. The van der Waals surface area contributed by atoms with Crippen LogP contribution in [0.5, 0.6) is 0 Å². The van der Waals surface area contributed by atoms with Crippen LogP contribution < -0.4 is 20.9 Å². The van der Waals surface area contributed by atoms with Gasteiger partial charge in [-0.05, 0) is 49.5 Å².